The standard InChI is InChI=1S/C36H31F4N5O3/c1-3-23-26(37)7-4-19-11-22(46)12-24(27(19)23)28-30(38)31-29(25-10-18(2)48-32(25)28)33(44-13-20-5-6-21(14-44)41-20)43-34(42-31)47-17-35-8-9-45(35)16-36(39,40)15-35/h1,4,7,10-12,20-21,41,46H,5-6,8-9,13-17H2,2H3/t20-,21+,35-/m1/s1. The maximum Gasteiger partial charge on any atom is 0.319 e. The number of alkyl halides is 2. The number of nitrogens with zero attached hydrogens (tertiary/aromatic N) is 4. The number of benzene rings is 3. The van der Waals surface area contributed by atoms with Gasteiger partial charge in [-0.15, -0.1) is 6.42 Å². The summed E-state index contributed by atoms with van der Waals surface area (Å²) in [5.74, 6) is -1.12. The molecule has 246 valence electrons. The summed E-state index contributed by atoms with van der Waals surface area (Å²) in [6.07, 6.45) is 7.98. The molecular formula is C36H31F4N5O3. The lowest BCUT2D eigenvalue weighted by molar-refractivity contribution is -0.0132. The van der Waals surface area contributed by atoms with Crippen molar-refractivity contribution in [1.82, 2.24) is 20.2 Å². The average molecular weight is 658 g/mol. The Bertz CT molecular complexity index is 2220. The van der Waals surface area contributed by atoms with Crippen molar-refractivity contribution in [3.63, 3.8) is 0 Å². The third-order valence-corrected chi connectivity index (χ3v) is 10.6. The molecule has 4 aliphatic rings. The minimum absolute atomic E-state index is 0.0521. The predicted octanol–water partition coefficient (Wildman–Crippen LogP) is 6.27. The van der Waals surface area contributed by atoms with Crippen LogP contribution in [0, 0.1) is 30.9 Å². The van der Waals surface area contributed by atoms with Gasteiger partial charge in [-0.25, -0.2) is 17.6 Å². The topological polar surface area (TPSA) is 86.9 Å². The van der Waals surface area contributed by atoms with Crippen LogP contribution in [0.15, 0.2) is 34.7 Å². The zero-order chi connectivity index (χ0) is 33.1. The Hall–Kier alpha value is -4.60. The van der Waals surface area contributed by atoms with Gasteiger partial charge in [-0.1, -0.05) is 12.0 Å². The number of rotatable bonds is 5. The highest BCUT2D eigenvalue weighted by Gasteiger charge is 2.60. The molecule has 0 spiro atoms. The summed E-state index contributed by atoms with van der Waals surface area (Å²) in [6, 6.07) is 7.55. The van der Waals surface area contributed by atoms with Gasteiger partial charge >= 0.3 is 6.01 Å². The molecule has 4 fully saturated rings. The Balaban J connectivity index is 1.29. The summed E-state index contributed by atoms with van der Waals surface area (Å²) in [7, 11) is 0. The second kappa shape index (κ2) is 10.2. The van der Waals surface area contributed by atoms with E-state index in [2.05, 4.69) is 21.1 Å². The van der Waals surface area contributed by atoms with Crippen molar-refractivity contribution < 1.29 is 31.8 Å². The zero-order valence-electron chi connectivity index (χ0n) is 26.0. The minimum atomic E-state index is -2.82. The molecule has 2 bridgehead atoms. The van der Waals surface area contributed by atoms with Crippen molar-refractivity contribution in [3.8, 4) is 35.2 Å². The molecule has 2 N–H and O–H groups in total. The van der Waals surface area contributed by atoms with Crippen molar-refractivity contribution >= 4 is 38.5 Å². The normalized spacial score (nSPS) is 24.7. The van der Waals surface area contributed by atoms with Crippen LogP contribution < -0.4 is 15.0 Å². The highest BCUT2D eigenvalue weighted by molar-refractivity contribution is 6.18. The lowest BCUT2D eigenvalue weighted by Crippen LogP contribution is -2.59. The number of nitrogens with one attached hydrogen (secondary N) is 1. The van der Waals surface area contributed by atoms with Crippen LogP contribution in [0.25, 0.3) is 43.8 Å². The highest BCUT2D eigenvalue weighted by Crippen LogP contribution is 2.49. The van der Waals surface area contributed by atoms with E-state index in [0.29, 0.717) is 53.8 Å². The smallest absolute Gasteiger partial charge is 0.319 e. The molecule has 0 saturated carbocycles. The zero-order valence-corrected chi connectivity index (χ0v) is 26.0. The summed E-state index contributed by atoms with van der Waals surface area (Å²) in [4.78, 5) is 13.3. The number of anilines is 1. The van der Waals surface area contributed by atoms with E-state index < -0.39 is 23.1 Å². The Morgan fingerprint density at radius 2 is 1.92 bits per heavy atom. The van der Waals surface area contributed by atoms with E-state index in [0.717, 1.165) is 12.8 Å². The molecule has 0 aliphatic carbocycles. The van der Waals surface area contributed by atoms with E-state index in [-0.39, 0.29) is 76.6 Å². The molecule has 4 saturated heterocycles. The van der Waals surface area contributed by atoms with Gasteiger partial charge in [-0.2, -0.15) is 9.97 Å². The van der Waals surface area contributed by atoms with Gasteiger partial charge in [-0.05, 0) is 55.8 Å². The Morgan fingerprint density at radius 3 is 2.62 bits per heavy atom. The number of ether oxygens (including phenoxy) is 1. The fourth-order valence-electron chi connectivity index (χ4n) is 8.47. The number of aromatic nitrogens is 2. The predicted molar refractivity (Wildman–Crippen MR) is 173 cm³/mol. The van der Waals surface area contributed by atoms with Crippen LogP contribution in [-0.2, 0) is 0 Å². The van der Waals surface area contributed by atoms with E-state index in [1.807, 2.05) is 0 Å². The highest BCUT2D eigenvalue weighted by atomic mass is 19.3. The van der Waals surface area contributed by atoms with Gasteiger partial charge < -0.3 is 24.5 Å². The summed E-state index contributed by atoms with van der Waals surface area (Å²) in [6.45, 7) is 3.15. The summed E-state index contributed by atoms with van der Waals surface area (Å²) in [5, 5.41) is 15.9. The second-order valence-corrected chi connectivity index (χ2v) is 13.8. The van der Waals surface area contributed by atoms with Crippen molar-refractivity contribution in [1.29, 1.82) is 0 Å². The van der Waals surface area contributed by atoms with Gasteiger partial charge in [0, 0.05) is 54.5 Å². The first kappa shape index (κ1) is 29.5. The average Bonchev–Trinajstić information content (AvgIpc) is 3.65. The number of halogens is 4. The number of terminal acetylenes is 1. The summed E-state index contributed by atoms with van der Waals surface area (Å²) < 4.78 is 73.6. The van der Waals surface area contributed by atoms with E-state index in [1.54, 1.807) is 17.9 Å². The number of phenolic OH excluding ortho intramolecular Hbond substituents is 1. The molecule has 0 amide bonds. The molecule has 0 unspecified atom stereocenters. The number of piperazine rings is 1. The third-order valence-electron chi connectivity index (χ3n) is 10.6. The summed E-state index contributed by atoms with van der Waals surface area (Å²) in [5.41, 5.74) is -0.731. The number of furan rings is 1. The Kier molecular flexibility index (Phi) is 6.28. The second-order valence-electron chi connectivity index (χ2n) is 13.8. The number of fused-ring (bicyclic) bond motifs is 7. The van der Waals surface area contributed by atoms with Crippen LogP contribution in [0.1, 0.15) is 37.0 Å². The first-order valence-electron chi connectivity index (χ1n) is 16.1. The van der Waals surface area contributed by atoms with E-state index >= 15 is 8.78 Å². The number of phenols is 1. The molecule has 12 heteroatoms. The molecule has 2 aromatic heterocycles. The quantitative estimate of drug-likeness (QED) is 0.169. The van der Waals surface area contributed by atoms with E-state index in [1.165, 1.54) is 24.3 Å². The van der Waals surface area contributed by atoms with Gasteiger partial charge in [0.25, 0.3) is 5.92 Å². The van der Waals surface area contributed by atoms with Crippen LogP contribution in [-0.4, -0.2) is 76.3 Å². The maximum atomic E-state index is 17.4. The van der Waals surface area contributed by atoms with Crippen LogP contribution in [0.2, 0.25) is 0 Å². The van der Waals surface area contributed by atoms with Crippen LogP contribution in [0.5, 0.6) is 11.8 Å². The van der Waals surface area contributed by atoms with Crippen molar-refractivity contribution in [2.45, 2.75) is 56.2 Å². The SMILES string of the molecule is C#Cc1c(F)ccc2cc(O)cc(-c3c(F)c4nc(OC[C@]56CCN5CC(F)(F)C6)nc(N5C[C@H]6CC[C@@H](C5)N6)c4c4cc(C)oc34)c12. The van der Waals surface area contributed by atoms with Crippen molar-refractivity contribution in [3.05, 3.63) is 53.3 Å². The van der Waals surface area contributed by atoms with Gasteiger partial charge in [0.2, 0.25) is 0 Å². The lowest BCUT2D eigenvalue weighted by Gasteiger charge is -2.46. The third kappa shape index (κ3) is 4.37. The molecule has 3 atom stereocenters. The fraction of sp³-hybridized carbons (Fsp3) is 0.389. The van der Waals surface area contributed by atoms with Crippen LogP contribution in [0.3, 0.4) is 0 Å². The Labute approximate surface area is 272 Å². The largest absolute Gasteiger partial charge is 0.508 e. The van der Waals surface area contributed by atoms with Gasteiger partial charge in [0.15, 0.2) is 5.82 Å². The van der Waals surface area contributed by atoms with Crippen molar-refractivity contribution in [2.24, 2.45) is 0 Å². The minimum Gasteiger partial charge on any atom is -0.508 e. The molecule has 48 heavy (non-hydrogen) atoms. The number of aryl methyl sites for hydroxylation is 1. The van der Waals surface area contributed by atoms with Gasteiger partial charge in [0.05, 0.1) is 28.6 Å². The molecular weight excluding hydrogens is 626 g/mol. The molecule has 6 heterocycles. The van der Waals surface area contributed by atoms with Crippen LogP contribution in [0.4, 0.5) is 23.4 Å². The van der Waals surface area contributed by atoms with Gasteiger partial charge in [0.1, 0.15) is 40.9 Å². The van der Waals surface area contributed by atoms with Crippen LogP contribution >= 0.6 is 0 Å². The molecule has 0 radical (unpaired) electrons. The monoisotopic (exact) mass is 657 g/mol. The van der Waals surface area contributed by atoms with Crippen molar-refractivity contribution in [2.75, 3.05) is 37.7 Å². The molecule has 5 aromatic rings. The van der Waals surface area contributed by atoms with E-state index in [9.17, 15) is 13.9 Å². The number of hydrogen-bond donors (Lipinski definition) is 2. The molecule has 9 rings (SSSR count). The fourth-order valence-corrected chi connectivity index (χ4v) is 8.47. The van der Waals surface area contributed by atoms with E-state index in [4.69, 9.17) is 20.6 Å². The van der Waals surface area contributed by atoms with Gasteiger partial charge in [-0.3, -0.25) is 4.90 Å². The summed E-state index contributed by atoms with van der Waals surface area (Å²) >= 11 is 0. The molecule has 4 aliphatic heterocycles. The first-order valence-corrected chi connectivity index (χ1v) is 16.1. The Morgan fingerprint density at radius 1 is 1.12 bits per heavy atom. The maximum absolute atomic E-state index is 17.4. The molecule has 8 nitrogen and oxygen atoms in total. The first-order chi connectivity index (χ1) is 23.0. The number of hydrogen-bond acceptors (Lipinski definition) is 8. The molecule has 3 aromatic carbocycles. The lowest BCUT2D eigenvalue weighted by atomic mass is 9.85. The number of aromatic hydroxyl groups is 1.